The topological polar surface area (TPSA) is 54.6 Å². The number of furan rings is 1. The van der Waals surface area contributed by atoms with Crippen LogP contribution in [0.25, 0.3) is 0 Å². The lowest BCUT2D eigenvalue weighted by Gasteiger charge is -2.00. The molecule has 2 heterocycles. The Kier molecular flexibility index (Phi) is 3.68. The van der Waals surface area contributed by atoms with Crippen molar-refractivity contribution in [3.63, 3.8) is 0 Å². The summed E-state index contributed by atoms with van der Waals surface area (Å²) in [5.41, 5.74) is 5.65. The molecule has 0 aliphatic heterocycles. The van der Waals surface area contributed by atoms with Gasteiger partial charge in [-0.3, -0.25) is 4.79 Å². The Labute approximate surface area is 127 Å². The van der Waals surface area contributed by atoms with Gasteiger partial charge < -0.3 is 4.42 Å². The van der Waals surface area contributed by atoms with E-state index in [9.17, 15) is 4.79 Å². The van der Waals surface area contributed by atoms with Crippen LogP contribution in [0.3, 0.4) is 0 Å². The second-order valence-electron chi connectivity index (χ2n) is 5.38. The Hall–Kier alpha value is -1.88. The third-order valence-corrected chi connectivity index (χ3v) is 4.96. The highest BCUT2D eigenvalue weighted by Crippen LogP contribution is 2.30. The van der Waals surface area contributed by atoms with E-state index in [1.54, 1.807) is 11.3 Å². The quantitative estimate of drug-likeness (QED) is 0.695. The van der Waals surface area contributed by atoms with Crippen molar-refractivity contribution < 1.29 is 9.21 Å². The van der Waals surface area contributed by atoms with Crippen LogP contribution < -0.4 is 5.43 Å². The first-order valence-corrected chi connectivity index (χ1v) is 7.90. The highest BCUT2D eigenvalue weighted by Gasteiger charge is 2.18. The van der Waals surface area contributed by atoms with E-state index >= 15 is 0 Å². The van der Waals surface area contributed by atoms with E-state index in [1.807, 2.05) is 32.9 Å². The molecule has 110 valence electrons. The van der Waals surface area contributed by atoms with Crippen LogP contribution in [0.15, 0.2) is 21.7 Å². The zero-order valence-corrected chi connectivity index (χ0v) is 13.3. The summed E-state index contributed by atoms with van der Waals surface area (Å²) in [6.07, 6.45) is 3.40. The van der Waals surface area contributed by atoms with E-state index < -0.39 is 0 Å². The molecule has 1 aliphatic carbocycles. The summed E-state index contributed by atoms with van der Waals surface area (Å²) in [6.45, 7) is 5.66. The zero-order valence-electron chi connectivity index (χ0n) is 12.4. The van der Waals surface area contributed by atoms with Crippen LogP contribution in [0.2, 0.25) is 0 Å². The summed E-state index contributed by atoms with van der Waals surface area (Å²) in [5.74, 6) is 1.53. The molecular formula is C16H18N2O2S. The number of hydrogen-bond acceptors (Lipinski definition) is 4. The van der Waals surface area contributed by atoms with Crippen molar-refractivity contribution in [2.24, 2.45) is 5.10 Å². The predicted octanol–water partition coefficient (Wildman–Crippen LogP) is 3.60. The number of nitrogens with one attached hydrogen (secondary N) is 1. The highest BCUT2D eigenvalue weighted by atomic mass is 32.1. The van der Waals surface area contributed by atoms with Gasteiger partial charge in [0, 0.05) is 10.4 Å². The van der Waals surface area contributed by atoms with Crippen LogP contribution in [0.1, 0.15) is 50.5 Å². The van der Waals surface area contributed by atoms with Crippen molar-refractivity contribution in [1.82, 2.24) is 5.43 Å². The standard InChI is InChI=1S/C16H18N2O2S/c1-9-7-13(11(3)20-9)10(2)17-18-16(19)15-8-12-5-4-6-14(12)21-15/h7-8H,4-6H2,1-3H3,(H,18,19)/b17-10-. The number of carbonyl (C=O) groups excluding carboxylic acids is 1. The first-order chi connectivity index (χ1) is 10.0. The van der Waals surface area contributed by atoms with Crippen molar-refractivity contribution in [2.75, 3.05) is 0 Å². The minimum Gasteiger partial charge on any atom is -0.466 e. The van der Waals surface area contributed by atoms with Crippen LogP contribution in [0.5, 0.6) is 0 Å². The normalized spacial score (nSPS) is 14.3. The molecule has 3 rings (SSSR count). The molecule has 21 heavy (non-hydrogen) atoms. The summed E-state index contributed by atoms with van der Waals surface area (Å²) in [5, 5.41) is 4.19. The summed E-state index contributed by atoms with van der Waals surface area (Å²) >= 11 is 1.59. The first kappa shape index (κ1) is 14.1. The number of aryl methyl sites for hydroxylation is 4. The molecule has 0 spiro atoms. The smallest absolute Gasteiger partial charge is 0.281 e. The average molecular weight is 302 g/mol. The minimum atomic E-state index is -0.133. The van der Waals surface area contributed by atoms with Gasteiger partial charge in [0.2, 0.25) is 0 Å². The second kappa shape index (κ2) is 5.48. The predicted molar refractivity (Wildman–Crippen MR) is 84.2 cm³/mol. The fourth-order valence-electron chi connectivity index (χ4n) is 2.68. The molecule has 0 saturated heterocycles. The molecule has 5 heteroatoms. The second-order valence-corrected chi connectivity index (χ2v) is 6.51. The van der Waals surface area contributed by atoms with Gasteiger partial charge in [0.05, 0.1) is 10.6 Å². The van der Waals surface area contributed by atoms with Crippen molar-refractivity contribution >= 4 is 23.0 Å². The van der Waals surface area contributed by atoms with E-state index in [0.29, 0.717) is 0 Å². The molecule has 0 fully saturated rings. The lowest BCUT2D eigenvalue weighted by molar-refractivity contribution is 0.0959. The molecule has 0 radical (unpaired) electrons. The van der Waals surface area contributed by atoms with E-state index in [4.69, 9.17) is 4.42 Å². The molecule has 1 N–H and O–H groups in total. The molecule has 0 aromatic carbocycles. The fourth-order valence-corrected chi connectivity index (χ4v) is 3.82. The Morgan fingerprint density at radius 2 is 2.14 bits per heavy atom. The SMILES string of the molecule is C/C(=N/NC(=O)c1cc2c(s1)CCC2)c1cc(C)oc1C. The molecular weight excluding hydrogens is 284 g/mol. The number of nitrogens with zero attached hydrogens (tertiary/aromatic N) is 1. The van der Waals surface area contributed by atoms with Crippen LogP contribution in [0.4, 0.5) is 0 Å². The maximum atomic E-state index is 12.1. The summed E-state index contributed by atoms with van der Waals surface area (Å²) < 4.78 is 5.48. The molecule has 1 amide bonds. The number of carbonyl (C=O) groups is 1. The van der Waals surface area contributed by atoms with Crippen LogP contribution in [-0.4, -0.2) is 11.6 Å². The van der Waals surface area contributed by atoms with Crippen LogP contribution in [-0.2, 0) is 12.8 Å². The van der Waals surface area contributed by atoms with Gasteiger partial charge in [-0.15, -0.1) is 11.3 Å². The molecule has 4 nitrogen and oxygen atoms in total. The van der Waals surface area contributed by atoms with Crippen molar-refractivity contribution in [2.45, 2.75) is 40.0 Å². The fraction of sp³-hybridized carbons (Fsp3) is 0.375. The minimum absolute atomic E-state index is 0.133. The number of thiophene rings is 1. The van der Waals surface area contributed by atoms with Gasteiger partial charge in [-0.25, -0.2) is 5.43 Å². The van der Waals surface area contributed by atoms with E-state index in [0.717, 1.165) is 40.5 Å². The van der Waals surface area contributed by atoms with Gasteiger partial charge in [0.15, 0.2) is 0 Å². The van der Waals surface area contributed by atoms with Gasteiger partial charge in [-0.05, 0) is 57.7 Å². The van der Waals surface area contributed by atoms with E-state index in [1.165, 1.54) is 16.9 Å². The monoisotopic (exact) mass is 302 g/mol. The Bertz CT molecular complexity index is 703. The lowest BCUT2D eigenvalue weighted by atomic mass is 10.2. The van der Waals surface area contributed by atoms with E-state index in [2.05, 4.69) is 10.5 Å². The Morgan fingerprint density at radius 1 is 1.33 bits per heavy atom. The van der Waals surface area contributed by atoms with Gasteiger partial charge in [-0.1, -0.05) is 0 Å². The summed E-state index contributed by atoms with van der Waals surface area (Å²) in [7, 11) is 0. The number of fused-ring (bicyclic) bond motifs is 1. The first-order valence-electron chi connectivity index (χ1n) is 7.08. The Balaban J connectivity index is 1.72. The molecule has 2 aromatic heterocycles. The summed E-state index contributed by atoms with van der Waals surface area (Å²) in [4.78, 5) is 14.2. The van der Waals surface area contributed by atoms with E-state index in [-0.39, 0.29) is 5.91 Å². The number of amides is 1. The van der Waals surface area contributed by atoms with Gasteiger partial charge >= 0.3 is 0 Å². The largest absolute Gasteiger partial charge is 0.466 e. The molecule has 1 aliphatic rings. The van der Waals surface area contributed by atoms with Crippen molar-refractivity contribution in [3.05, 3.63) is 44.5 Å². The number of hydrazone groups is 1. The maximum Gasteiger partial charge on any atom is 0.281 e. The Morgan fingerprint density at radius 3 is 2.81 bits per heavy atom. The molecule has 0 atom stereocenters. The highest BCUT2D eigenvalue weighted by molar-refractivity contribution is 7.14. The molecule has 0 unspecified atom stereocenters. The van der Waals surface area contributed by atoms with Crippen LogP contribution in [0, 0.1) is 13.8 Å². The van der Waals surface area contributed by atoms with Gasteiger partial charge in [-0.2, -0.15) is 5.10 Å². The summed E-state index contributed by atoms with van der Waals surface area (Å²) in [6, 6.07) is 3.93. The van der Waals surface area contributed by atoms with Gasteiger partial charge in [0.25, 0.3) is 5.91 Å². The molecule has 0 bridgehead atoms. The van der Waals surface area contributed by atoms with Crippen molar-refractivity contribution in [3.8, 4) is 0 Å². The number of rotatable bonds is 3. The third kappa shape index (κ3) is 2.78. The molecule has 0 saturated carbocycles. The van der Waals surface area contributed by atoms with Crippen molar-refractivity contribution in [1.29, 1.82) is 0 Å². The average Bonchev–Trinajstić information content (AvgIpc) is 3.09. The number of hydrogen-bond donors (Lipinski definition) is 1. The van der Waals surface area contributed by atoms with Crippen LogP contribution >= 0.6 is 11.3 Å². The molecule has 2 aromatic rings. The third-order valence-electron chi connectivity index (χ3n) is 3.73. The zero-order chi connectivity index (χ0) is 15.0. The maximum absolute atomic E-state index is 12.1. The van der Waals surface area contributed by atoms with Gasteiger partial charge in [0.1, 0.15) is 11.5 Å². The lowest BCUT2D eigenvalue weighted by Crippen LogP contribution is -2.18.